The van der Waals surface area contributed by atoms with Gasteiger partial charge >= 0.3 is 0 Å². The van der Waals surface area contributed by atoms with E-state index >= 15 is 0 Å². The van der Waals surface area contributed by atoms with Crippen molar-refractivity contribution in [1.29, 1.82) is 0 Å². The third-order valence-electron chi connectivity index (χ3n) is 4.80. The fourth-order valence-electron chi connectivity index (χ4n) is 3.51. The van der Waals surface area contributed by atoms with E-state index in [1.807, 2.05) is 13.0 Å². The standard InChI is InChI=1S/C19H19FN2/c1-11-8-13(12-2-3-12)9-17(20)19(11)15-4-5-18(21)16-10-22-7-6-14(15)16/h6-10,12H,2-5,21H2,1H3. The van der Waals surface area contributed by atoms with E-state index in [-0.39, 0.29) is 5.82 Å². The summed E-state index contributed by atoms with van der Waals surface area (Å²) in [5, 5.41) is 1.98. The van der Waals surface area contributed by atoms with Crippen molar-refractivity contribution in [1.82, 2.24) is 4.98 Å². The number of nitrogens with zero attached hydrogens (tertiary/aromatic N) is 1. The van der Waals surface area contributed by atoms with Crippen LogP contribution >= 0.6 is 0 Å². The summed E-state index contributed by atoms with van der Waals surface area (Å²) in [6.45, 7) is 2.01. The van der Waals surface area contributed by atoms with Crippen molar-refractivity contribution in [2.45, 2.75) is 38.5 Å². The number of nitrogens with two attached hydrogens (primary N) is 1. The lowest BCUT2D eigenvalue weighted by Crippen LogP contribution is -2.35. The Kier molecular flexibility index (Phi) is 3.03. The lowest BCUT2D eigenvalue weighted by Gasteiger charge is -2.18. The molecule has 0 bridgehead atoms. The topological polar surface area (TPSA) is 38.9 Å². The van der Waals surface area contributed by atoms with E-state index in [1.54, 1.807) is 18.5 Å². The van der Waals surface area contributed by atoms with Crippen LogP contribution in [-0.4, -0.2) is 4.98 Å². The molecule has 0 atom stereocenters. The van der Waals surface area contributed by atoms with Gasteiger partial charge in [-0.2, -0.15) is 0 Å². The van der Waals surface area contributed by atoms with E-state index in [0.29, 0.717) is 5.92 Å². The van der Waals surface area contributed by atoms with E-state index in [0.717, 1.165) is 51.2 Å². The van der Waals surface area contributed by atoms with Crippen LogP contribution in [0.5, 0.6) is 0 Å². The van der Waals surface area contributed by atoms with E-state index in [2.05, 4.69) is 11.1 Å². The van der Waals surface area contributed by atoms with Crippen LogP contribution in [0, 0.1) is 12.7 Å². The van der Waals surface area contributed by atoms with Crippen LogP contribution in [0.25, 0.3) is 11.3 Å². The second-order valence-electron chi connectivity index (χ2n) is 6.39. The molecule has 0 aliphatic heterocycles. The predicted octanol–water partition coefficient (Wildman–Crippen LogP) is 2.47. The lowest BCUT2D eigenvalue weighted by molar-refractivity contribution is 0.619. The molecule has 0 unspecified atom stereocenters. The molecule has 1 heterocycles. The number of aryl methyl sites for hydroxylation is 1. The molecule has 0 spiro atoms. The normalized spacial score (nSPS) is 17.5. The maximum absolute atomic E-state index is 14.8. The van der Waals surface area contributed by atoms with Crippen LogP contribution in [-0.2, 0) is 0 Å². The van der Waals surface area contributed by atoms with Crippen molar-refractivity contribution < 1.29 is 4.39 Å². The van der Waals surface area contributed by atoms with Crippen molar-refractivity contribution in [2.24, 2.45) is 5.73 Å². The monoisotopic (exact) mass is 294 g/mol. The summed E-state index contributed by atoms with van der Waals surface area (Å²) in [5.41, 5.74) is 10.9. The summed E-state index contributed by atoms with van der Waals surface area (Å²) in [7, 11) is 0. The van der Waals surface area contributed by atoms with E-state index < -0.39 is 0 Å². The molecule has 0 saturated heterocycles. The van der Waals surface area contributed by atoms with Gasteiger partial charge in [-0.1, -0.05) is 6.07 Å². The fraction of sp³-hybridized carbons (Fsp3) is 0.316. The molecule has 2 aromatic rings. The first-order valence-corrected chi connectivity index (χ1v) is 7.87. The quantitative estimate of drug-likeness (QED) is 0.924. The number of pyridine rings is 1. The zero-order valence-electron chi connectivity index (χ0n) is 12.7. The summed E-state index contributed by atoms with van der Waals surface area (Å²) < 4.78 is 14.8. The Morgan fingerprint density at radius 3 is 2.73 bits per heavy atom. The van der Waals surface area contributed by atoms with Gasteiger partial charge in [0.25, 0.3) is 0 Å². The van der Waals surface area contributed by atoms with Gasteiger partial charge in [0.05, 0.1) is 0 Å². The molecule has 3 heteroatoms. The maximum Gasteiger partial charge on any atom is 0.131 e. The van der Waals surface area contributed by atoms with Gasteiger partial charge in [-0.15, -0.1) is 0 Å². The predicted molar refractivity (Wildman–Crippen MR) is 85.9 cm³/mol. The third-order valence-corrected chi connectivity index (χ3v) is 4.80. The SMILES string of the molecule is Cc1cc(C2CC2)cc(F)c1C1=c2ccncc2=C(N)CC1. The first kappa shape index (κ1) is 13.5. The van der Waals surface area contributed by atoms with Crippen LogP contribution < -0.4 is 16.2 Å². The summed E-state index contributed by atoms with van der Waals surface area (Å²) in [4.78, 5) is 4.16. The van der Waals surface area contributed by atoms with Crippen LogP contribution in [0.3, 0.4) is 0 Å². The average Bonchev–Trinajstić information content (AvgIpc) is 3.34. The summed E-state index contributed by atoms with van der Waals surface area (Å²) >= 11 is 0. The highest BCUT2D eigenvalue weighted by molar-refractivity contribution is 5.72. The molecule has 0 amide bonds. The molecule has 4 rings (SSSR count). The molecule has 0 radical (unpaired) electrons. The molecule has 1 aromatic heterocycles. The highest BCUT2D eigenvalue weighted by Gasteiger charge is 2.26. The van der Waals surface area contributed by atoms with Crippen molar-refractivity contribution in [3.63, 3.8) is 0 Å². The molecule has 1 aromatic carbocycles. The number of aromatic nitrogens is 1. The molecule has 2 N–H and O–H groups in total. The number of benzene rings is 1. The minimum Gasteiger partial charge on any atom is -0.401 e. The molecule has 22 heavy (non-hydrogen) atoms. The molecular formula is C19H19FN2. The van der Waals surface area contributed by atoms with Gasteiger partial charge in [0.15, 0.2) is 0 Å². The molecule has 112 valence electrons. The number of halogens is 1. The van der Waals surface area contributed by atoms with E-state index in [4.69, 9.17) is 5.73 Å². The molecular weight excluding hydrogens is 275 g/mol. The Morgan fingerprint density at radius 1 is 1.18 bits per heavy atom. The first-order chi connectivity index (χ1) is 10.6. The Balaban J connectivity index is 2.00. The third kappa shape index (κ3) is 2.12. The minimum atomic E-state index is -0.0971. The van der Waals surface area contributed by atoms with Crippen LogP contribution in [0.2, 0.25) is 0 Å². The number of hydrogen-bond donors (Lipinski definition) is 1. The molecule has 1 fully saturated rings. The summed E-state index contributed by atoms with van der Waals surface area (Å²) in [6.07, 6.45) is 7.46. The highest BCUT2D eigenvalue weighted by Crippen LogP contribution is 2.41. The van der Waals surface area contributed by atoms with Gasteiger partial charge in [-0.3, -0.25) is 4.98 Å². The Bertz CT molecular complexity index is 856. The fourth-order valence-corrected chi connectivity index (χ4v) is 3.51. The average molecular weight is 294 g/mol. The van der Waals surface area contributed by atoms with Crippen molar-refractivity contribution in [3.05, 3.63) is 63.5 Å². The van der Waals surface area contributed by atoms with Crippen LogP contribution in [0.4, 0.5) is 4.39 Å². The first-order valence-electron chi connectivity index (χ1n) is 7.87. The highest BCUT2D eigenvalue weighted by atomic mass is 19.1. The second-order valence-corrected chi connectivity index (χ2v) is 6.39. The van der Waals surface area contributed by atoms with Crippen LogP contribution in [0.1, 0.15) is 48.3 Å². The smallest absolute Gasteiger partial charge is 0.131 e. The van der Waals surface area contributed by atoms with Gasteiger partial charge in [-0.05, 0) is 72.6 Å². The molecule has 2 aliphatic rings. The van der Waals surface area contributed by atoms with Crippen molar-refractivity contribution in [2.75, 3.05) is 0 Å². The summed E-state index contributed by atoms with van der Waals surface area (Å²) in [6, 6.07) is 5.84. The van der Waals surface area contributed by atoms with E-state index in [9.17, 15) is 4.39 Å². The second kappa shape index (κ2) is 4.94. The van der Waals surface area contributed by atoms with Gasteiger partial charge in [-0.25, -0.2) is 4.39 Å². The van der Waals surface area contributed by atoms with Crippen molar-refractivity contribution in [3.8, 4) is 0 Å². The van der Waals surface area contributed by atoms with Gasteiger partial charge in [0.2, 0.25) is 0 Å². The molecule has 2 nitrogen and oxygen atoms in total. The van der Waals surface area contributed by atoms with Crippen molar-refractivity contribution >= 4 is 11.3 Å². The Hall–Kier alpha value is -2.16. The molecule has 2 aliphatic carbocycles. The van der Waals surface area contributed by atoms with Gasteiger partial charge < -0.3 is 5.73 Å². The largest absolute Gasteiger partial charge is 0.401 e. The van der Waals surface area contributed by atoms with Crippen LogP contribution in [0.15, 0.2) is 30.6 Å². The van der Waals surface area contributed by atoms with Gasteiger partial charge in [0.1, 0.15) is 5.82 Å². The van der Waals surface area contributed by atoms with E-state index in [1.165, 1.54) is 12.8 Å². The number of rotatable bonds is 2. The maximum atomic E-state index is 14.8. The number of fused-ring (bicyclic) bond motifs is 1. The Labute approximate surface area is 129 Å². The Morgan fingerprint density at radius 2 is 2.00 bits per heavy atom. The van der Waals surface area contributed by atoms with Gasteiger partial charge in [0, 0.05) is 28.9 Å². The minimum absolute atomic E-state index is 0.0971. The zero-order chi connectivity index (χ0) is 15.3. The summed E-state index contributed by atoms with van der Waals surface area (Å²) in [5.74, 6) is 0.471. The molecule has 1 saturated carbocycles. The lowest BCUT2D eigenvalue weighted by atomic mass is 9.89. The number of hydrogen-bond acceptors (Lipinski definition) is 2. The zero-order valence-corrected chi connectivity index (χ0v) is 12.7.